The summed E-state index contributed by atoms with van der Waals surface area (Å²) < 4.78 is 12.4. The van der Waals surface area contributed by atoms with Crippen LogP contribution in [0.2, 0.25) is 0 Å². The Morgan fingerprint density at radius 3 is 2.47 bits per heavy atom. The third kappa shape index (κ3) is 15.4. The van der Waals surface area contributed by atoms with Crippen LogP contribution in [0.1, 0.15) is 26.7 Å². The number of halogens is 1. The SMILES string of the molecule is C=C/C(=C\C=C/C)CCC(C)F.O=CO. The van der Waals surface area contributed by atoms with Crippen LogP contribution < -0.4 is 0 Å². The van der Waals surface area contributed by atoms with Gasteiger partial charge in [-0.1, -0.05) is 30.9 Å². The summed E-state index contributed by atoms with van der Waals surface area (Å²) in [5, 5.41) is 6.89. The molecule has 0 rings (SSSR count). The third-order valence-corrected chi connectivity index (χ3v) is 1.60. The van der Waals surface area contributed by atoms with Crippen LogP contribution >= 0.6 is 0 Å². The summed E-state index contributed by atoms with van der Waals surface area (Å²) in [6, 6.07) is 0. The van der Waals surface area contributed by atoms with Gasteiger partial charge in [-0.05, 0) is 32.3 Å². The monoisotopic (exact) mass is 214 g/mol. The van der Waals surface area contributed by atoms with Crippen LogP contribution in [0.4, 0.5) is 4.39 Å². The van der Waals surface area contributed by atoms with Crippen molar-refractivity contribution < 1.29 is 14.3 Å². The predicted octanol–water partition coefficient (Wildman–Crippen LogP) is 3.51. The minimum atomic E-state index is -0.723. The van der Waals surface area contributed by atoms with E-state index in [9.17, 15) is 4.39 Å². The summed E-state index contributed by atoms with van der Waals surface area (Å²) in [4.78, 5) is 8.36. The lowest BCUT2D eigenvalue weighted by atomic mass is 10.1. The number of carbonyl (C=O) groups is 1. The van der Waals surface area contributed by atoms with Crippen molar-refractivity contribution in [2.24, 2.45) is 0 Å². The zero-order chi connectivity index (χ0) is 12.1. The van der Waals surface area contributed by atoms with Gasteiger partial charge in [0.05, 0.1) is 6.17 Å². The van der Waals surface area contributed by atoms with Crippen LogP contribution in [0.3, 0.4) is 0 Å². The molecule has 0 aliphatic heterocycles. The molecule has 0 heterocycles. The first-order chi connectivity index (χ1) is 7.12. The van der Waals surface area contributed by atoms with E-state index in [1.807, 2.05) is 25.2 Å². The first-order valence-electron chi connectivity index (χ1n) is 4.78. The van der Waals surface area contributed by atoms with Gasteiger partial charge >= 0.3 is 0 Å². The molecule has 0 aromatic heterocycles. The highest BCUT2D eigenvalue weighted by molar-refractivity contribution is 5.32. The Hall–Kier alpha value is -1.38. The molecule has 1 N–H and O–H groups in total. The second-order valence-corrected chi connectivity index (χ2v) is 2.90. The fourth-order valence-corrected chi connectivity index (χ4v) is 0.839. The van der Waals surface area contributed by atoms with Gasteiger partial charge in [-0.2, -0.15) is 0 Å². The van der Waals surface area contributed by atoms with Crippen LogP contribution in [-0.4, -0.2) is 17.8 Å². The summed E-state index contributed by atoms with van der Waals surface area (Å²) in [5.74, 6) is 0. The standard InChI is InChI=1S/C11H17F.CH2O2/c1-4-6-7-11(5-2)9-8-10(3)12;2-1-3/h4-7,10H,2,8-9H2,1,3H3;1H,(H,2,3)/b6-4-,11-7+;. The van der Waals surface area contributed by atoms with E-state index >= 15 is 0 Å². The molecule has 0 fully saturated rings. The minimum absolute atomic E-state index is 0.250. The molecule has 15 heavy (non-hydrogen) atoms. The molecule has 0 saturated heterocycles. The number of alkyl halides is 1. The molecule has 0 aromatic carbocycles. The van der Waals surface area contributed by atoms with Crippen molar-refractivity contribution in [1.82, 2.24) is 0 Å². The van der Waals surface area contributed by atoms with Crippen LogP contribution in [0.25, 0.3) is 0 Å². The van der Waals surface area contributed by atoms with Gasteiger partial charge in [0.25, 0.3) is 6.47 Å². The van der Waals surface area contributed by atoms with E-state index in [1.165, 1.54) is 0 Å². The normalized spacial score (nSPS) is 12.9. The molecule has 2 nitrogen and oxygen atoms in total. The quantitative estimate of drug-likeness (QED) is 0.561. The van der Waals surface area contributed by atoms with Crippen LogP contribution in [0.15, 0.2) is 36.5 Å². The lowest BCUT2D eigenvalue weighted by molar-refractivity contribution is -0.122. The Kier molecular flexibility index (Phi) is 13.5. The molecule has 0 bridgehead atoms. The van der Waals surface area contributed by atoms with E-state index < -0.39 is 6.17 Å². The van der Waals surface area contributed by atoms with Crippen molar-refractivity contribution in [3.8, 4) is 0 Å². The second kappa shape index (κ2) is 12.6. The zero-order valence-electron chi connectivity index (χ0n) is 9.32. The first kappa shape index (κ1) is 16.1. The van der Waals surface area contributed by atoms with Crippen LogP contribution in [0.5, 0.6) is 0 Å². The Morgan fingerprint density at radius 2 is 2.13 bits per heavy atom. The van der Waals surface area contributed by atoms with E-state index in [4.69, 9.17) is 9.90 Å². The van der Waals surface area contributed by atoms with Crippen LogP contribution in [0, 0.1) is 0 Å². The maximum Gasteiger partial charge on any atom is 0.290 e. The van der Waals surface area contributed by atoms with Gasteiger partial charge in [0, 0.05) is 0 Å². The second-order valence-electron chi connectivity index (χ2n) is 2.90. The molecule has 1 atom stereocenters. The van der Waals surface area contributed by atoms with Crippen molar-refractivity contribution in [2.75, 3.05) is 0 Å². The highest BCUT2D eigenvalue weighted by Gasteiger charge is 1.98. The molecule has 0 saturated carbocycles. The molecule has 0 radical (unpaired) electrons. The number of rotatable bonds is 5. The maximum absolute atomic E-state index is 12.4. The molecular weight excluding hydrogens is 195 g/mol. The molecule has 0 spiro atoms. The van der Waals surface area contributed by atoms with Crippen molar-refractivity contribution in [3.05, 3.63) is 36.5 Å². The Bertz CT molecular complexity index is 218. The summed E-state index contributed by atoms with van der Waals surface area (Å²) in [7, 11) is 0. The molecule has 0 aliphatic carbocycles. The topological polar surface area (TPSA) is 37.3 Å². The maximum atomic E-state index is 12.4. The van der Waals surface area contributed by atoms with Gasteiger partial charge in [-0.3, -0.25) is 4.79 Å². The number of hydrogen-bond donors (Lipinski definition) is 1. The zero-order valence-corrected chi connectivity index (χ0v) is 9.32. The van der Waals surface area contributed by atoms with E-state index in [2.05, 4.69) is 6.58 Å². The fourth-order valence-electron chi connectivity index (χ4n) is 0.839. The average molecular weight is 214 g/mol. The molecule has 0 aromatic rings. The lowest BCUT2D eigenvalue weighted by Crippen LogP contribution is -1.92. The van der Waals surface area contributed by atoms with Crippen molar-refractivity contribution >= 4 is 6.47 Å². The van der Waals surface area contributed by atoms with Crippen molar-refractivity contribution in [1.29, 1.82) is 0 Å². The number of carboxylic acid groups (broad SMARTS) is 1. The largest absolute Gasteiger partial charge is 0.483 e. The molecule has 3 heteroatoms. The summed E-state index contributed by atoms with van der Waals surface area (Å²) in [6.07, 6.45) is 8.26. The number of allylic oxidation sites excluding steroid dienone is 5. The molecule has 1 unspecified atom stereocenters. The summed E-state index contributed by atoms with van der Waals surface area (Å²) >= 11 is 0. The van der Waals surface area contributed by atoms with Gasteiger partial charge in [0.15, 0.2) is 0 Å². The van der Waals surface area contributed by atoms with E-state index in [-0.39, 0.29) is 6.47 Å². The molecule has 0 aliphatic rings. The lowest BCUT2D eigenvalue weighted by Gasteiger charge is -2.01. The molecular formula is C12H19FO2. The molecule has 0 amide bonds. The van der Waals surface area contributed by atoms with Gasteiger partial charge in [0.1, 0.15) is 0 Å². The van der Waals surface area contributed by atoms with Gasteiger partial charge < -0.3 is 5.11 Å². The highest BCUT2D eigenvalue weighted by Crippen LogP contribution is 2.10. The van der Waals surface area contributed by atoms with Crippen LogP contribution in [-0.2, 0) is 4.79 Å². The Balaban J connectivity index is 0. The Labute approximate surface area is 90.8 Å². The van der Waals surface area contributed by atoms with Gasteiger partial charge in [-0.15, -0.1) is 0 Å². The van der Waals surface area contributed by atoms with Gasteiger partial charge in [-0.25, -0.2) is 4.39 Å². The van der Waals surface area contributed by atoms with Crippen molar-refractivity contribution in [2.45, 2.75) is 32.9 Å². The first-order valence-corrected chi connectivity index (χ1v) is 4.78. The highest BCUT2D eigenvalue weighted by atomic mass is 19.1. The molecule has 86 valence electrons. The summed E-state index contributed by atoms with van der Waals surface area (Å²) in [5.41, 5.74) is 1.10. The average Bonchev–Trinajstić information content (AvgIpc) is 2.19. The minimum Gasteiger partial charge on any atom is -0.483 e. The Morgan fingerprint density at radius 1 is 1.60 bits per heavy atom. The fraction of sp³-hybridized carbons (Fsp3) is 0.417. The predicted molar refractivity (Wildman–Crippen MR) is 61.6 cm³/mol. The van der Waals surface area contributed by atoms with E-state index in [0.29, 0.717) is 6.42 Å². The van der Waals surface area contributed by atoms with Crippen molar-refractivity contribution in [3.63, 3.8) is 0 Å². The van der Waals surface area contributed by atoms with E-state index in [1.54, 1.807) is 13.0 Å². The smallest absolute Gasteiger partial charge is 0.290 e. The van der Waals surface area contributed by atoms with Gasteiger partial charge in [0.2, 0.25) is 0 Å². The summed E-state index contributed by atoms with van der Waals surface area (Å²) in [6.45, 7) is 6.95. The third-order valence-electron chi connectivity index (χ3n) is 1.60. The van der Waals surface area contributed by atoms with E-state index in [0.717, 1.165) is 12.0 Å². The number of hydrogen-bond acceptors (Lipinski definition) is 1.